The topological polar surface area (TPSA) is 40.6 Å². The number of aromatic nitrogens is 1. The molecular weight excluding hydrogens is 265 g/mol. The lowest BCUT2D eigenvalue weighted by Crippen LogP contribution is -2.41. The molecule has 1 saturated heterocycles. The van der Waals surface area contributed by atoms with Gasteiger partial charge in [0.1, 0.15) is 5.75 Å². The number of fused-ring (bicyclic) bond motifs is 1. The van der Waals surface area contributed by atoms with Crippen LogP contribution in [0.5, 0.6) is 5.75 Å². The Hall–Kier alpha value is -1.59. The van der Waals surface area contributed by atoms with Gasteiger partial charge >= 0.3 is 7.12 Å². The molecule has 1 aromatic carbocycles. The quantitative estimate of drug-likeness (QED) is 0.795. The second-order valence-electron chi connectivity index (χ2n) is 6.40. The first-order valence-electron chi connectivity index (χ1n) is 7.11. The van der Waals surface area contributed by atoms with Crippen LogP contribution in [0.15, 0.2) is 30.6 Å². The van der Waals surface area contributed by atoms with Crippen LogP contribution in [0, 0.1) is 0 Å². The fourth-order valence-electron chi connectivity index (χ4n) is 2.45. The molecule has 4 nitrogen and oxygen atoms in total. The first-order valence-corrected chi connectivity index (χ1v) is 7.11. The van der Waals surface area contributed by atoms with Crippen LogP contribution < -0.4 is 10.2 Å². The third-order valence-electron chi connectivity index (χ3n) is 4.51. The van der Waals surface area contributed by atoms with Crippen LogP contribution in [-0.4, -0.2) is 30.4 Å². The van der Waals surface area contributed by atoms with Crippen molar-refractivity contribution in [3.05, 3.63) is 30.6 Å². The van der Waals surface area contributed by atoms with Crippen LogP contribution in [0.2, 0.25) is 0 Å². The lowest BCUT2D eigenvalue weighted by molar-refractivity contribution is 0.00578. The summed E-state index contributed by atoms with van der Waals surface area (Å²) in [5.74, 6) is 0.812. The van der Waals surface area contributed by atoms with Crippen molar-refractivity contribution in [2.24, 2.45) is 0 Å². The van der Waals surface area contributed by atoms with Crippen LogP contribution in [0.4, 0.5) is 0 Å². The Labute approximate surface area is 125 Å². The Morgan fingerprint density at radius 2 is 1.71 bits per heavy atom. The van der Waals surface area contributed by atoms with E-state index in [1.165, 1.54) is 0 Å². The molecule has 0 bridgehead atoms. The minimum absolute atomic E-state index is 0.362. The van der Waals surface area contributed by atoms with Crippen molar-refractivity contribution in [1.82, 2.24) is 4.98 Å². The Morgan fingerprint density at radius 3 is 2.33 bits per heavy atom. The molecule has 0 saturated carbocycles. The molecule has 0 atom stereocenters. The molecule has 1 aromatic heterocycles. The average Bonchev–Trinajstić information content (AvgIpc) is 2.66. The maximum Gasteiger partial charge on any atom is 0.497 e. The van der Waals surface area contributed by atoms with Gasteiger partial charge in [0.2, 0.25) is 0 Å². The molecule has 0 spiro atoms. The highest BCUT2D eigenvalue weighted by molar-refractivity contribution is 6.65. The van der Waals surface area contributed by atoms with Gasteiger partial charge < -0.3 is 14.0 Å². The summed E-state index contributed by atoms with van der Waals surface area (Å²) in [4.78, 5) is 4.31. The second kappa shape index (κ2) is 4.72. The molecule has 1 aliphatic rings. The monoisotopic (exact) mass is 285 g/mol. The Morgan fingerprint density at radius 1 is 1.05 bits per heavy atom. The predicted molar refractivity (Wildman–Crippen MR) is 84.0 cm³/mol. The third-order valence-corrected chi connectivity index (χ3v) is 4.51. The number of benzene rings is 1. The lowest BCUT2D eigenvalue weighted by atomic mass is 9.77. The fraction of sp³-hybridized carbons (Fsp3) is 0.438. The standard InChI is InChI=1S/C16H20BNO3/c1-15(2)16(3,4)21-17(20-15)14-10-18-9-11-6-7-12(19-5)8-13(11)14/h6-10H,1-5H3. The smallest absolute Gasteiger partial charge is 0.497 e. The molecule has 2 aromatic rings. The highest BCUT2D eigenvalue weighted by atomic mass is 16.7. The molecule has 1 aliphatic heterocycles. The predicted octanol–water partition coefficient (Wildman–Crippen LogP) is 2.54. The van der Waals surface area contributed by atoms with Crippen molar-refractivity contribution in [3.63, 3.8) is 0 Å². The van der Waals surface area contributed by atoms with Crippen molar-refractivity contribution in [3.8, 4) is 5.75 Å². The van der Waals surface area contributed by atoms with E-state index < -0.39 is 7.12 Å². The van der Waals surface area contributed by atoms with Gasteiger partial charge in [-0.05, 0) is 56.7 Å². The van der Waals surface area contributed by atoms with Crippen molar-refractivity contribution < 1.29 is 14.0 Å². The van der Waals surface area contributed by atoms with Crippen LogP contribution in [0.25, 0.3) is 10.8 Å². The van der Waals surface area contributed by atoms with Crippen molar-refractivity contribution in [2.75, 3.05) is 7.11 Å². The van der Waals surface area contributed by atoms with Gasteiger partial charge in [-0.2, -0.15) is 0 Å². The fourth-order valence-corrected chi connectivity index (χ4v) is 2.45. The molecule has 0 aliphatic carbocycles. The molecule has 5 heteroatoms. The van der Waals surface area contributed by atoms with Gasteiger partial charge in [-0.1, -0.05) is 0 Å². The molecule has 1 fully saturated rings. The SMILES string of the molecule is COc1ccc2cncc(B3OC(C)(C)C(C)(C)O3)c2c1. The minimum atomic E-state index is -0.418. The maximum absolute atomic E-state index is 6.13. The third kappa shape index (κ3) is 2.30. The summed E-state index contributed by atoms with van der Waals surface area (Å²) in [6.45, 7) is 8.19. The molecule has 0 unspecified atom stereocenters. The molecular formula is C16H20BNO3. The second-order valence-corrected chi connectivity index (χ2v) is 6.40. The zero-order valence-electron chi connectivity index (χ0n) is 13.1. The molecule has 0 N–H and O–H groups in total. The van der Waals surface area contributed by atoms with E-state index >= 15 is 0 Å². The molecule has 0 amide bonds. The highest BCUT2D eigenvalue weighted by Crippen LogP contribution is 2.37. The molecule has 21 heavy (non-hydrogen) atoms. The van der Waals surface area contributed by atoms with Gasteiger partial charge in [0, 0.05) is 17.9 Å². The van der Waals surface area contributed by atoms with Gasteiger partial charge in [0.15, 0.2) is 0 Å². The number of rotatable bonds is 2. The van der Waals surface area contributed by atoms with Crippen LogP contribution >= 0.6 is 0 Å². The van der Waals surface area contributed by atoms with Gasteiger partial charge in [0.25, 0.3) is 0 Å². The van der Waals surface area contributed by atoms with E-state index in [2.05, 4.69) is 4.98 Å². The minimum Gasteiger partial charge on any atom is -0.497 e. The van der Waals surface area contributed by atoms with E-state index in [1.54, 1.807) is 7.11 Å². The molecule has 110 valence electrons. The van der Waals surface area contributed by atoms with Gasteiger partial charge in [-0.25, -0.2) is 0 Å². The average molecular weight is 285 g/mol. The zero-order valence-corrected chi connectivity index (χ0v) is 13.1. The summed E-state index contributed by atoms with van der Waals surface area (Å²) >= 11 is 0. The number of nitrogens with zero attached hydrogens (tertiary/aromatic N) is 1. The summed E-state index contributed by atoms with van der Waals surface area (Å²) in [6, 6.07) is 5.92. The molecule has 0 radical (unpaired) electrons. The summed E-state index contributed by atoms with van der Waals surface area (Å²) in [6.07, 6.45) is 3.65. The summed E-state index contributed by atoms with van der Waals surface area (Å²) < 4.78 is 17.6. The number of ether oxygens (including phenoxy) is 1. The Balaban J connectivity index is 2.09. The molecule has 3 rings (SSSR count). The van der Waals surface area contributed by atoms with Crippen molar-refractivity contribution in [1.29, 1.82) is 0 Å². The zero-order chi connectivity index (χ0) is 15.3. The molecule has 2 heterocycles. The van der Waals surface area contributed by atoms with E-state index in [-0.39, 0.29) is 11.2 Å². The van der Waals surface area contributed by atoms with Crippen LogP contribution in [0.3, 0.4) is 0 Å². The van der Waals surface area contributed by atoms with E-state index in [9.17, 15) is 0 Å². The number of pyridine rings is 1. The van der Waals surface area contributed by atoms with Gasteiger partial charge in [-0.3, -0.25) is 4.98 Å². The largest absolute Gasteiger partial charge is 0.497 e. The number of hydrogen-bond acceptors (Lipinski definition) is 4. The number of hydrogen-bond donors (Lipinski definition) is 0. The van der Waals surface area contributed by atoms with E-state index in [4.69, 9.17) is 14.0 Å². The van der Waals surface area contributed by atoms with Gasteiger partial charge in [-0.15, -0.1) is 0 Å². The van der Waals surface area contributed by atoms with Crippen molar-refractivity contribution >= 4 is 23.4 Å². The summed E-state index contributed by atoms with van der Waals surface area (Å²) in [7, 11) is 1.25. The van der Waals surface area contributed by atoms with E-state index in [0.29, 0.717) is 0 Å². The first kappa shape index (κ1) is 14.4. The Kier molecular flexibility index (Phi) is 3.22. The summed E-state index contributed by atoms with van der Waals surface area (Å²) in [5, 5.41) is 2.09. The van der Waals surface area contributed by atoms with Gasteiger partial charge in [0.05, 0.1) is 18.3 Å². The first-order chi connectivity index (χ1) is 9.84. The van der Waals surface area contributed by atoms with E-state index in [0.717, 1.165) is 22.0 Å². The number of methoxy groups -OCH3 is 1. The van der Waals surface area contributed by atoms with Crippen LogP contribution in [-0.2, 0) is 9.31 Å². The normalized spacial score (nSPS) is 20.0. The lowest BCUT2D eigenvalue weighted by Gasteiger charge is -2.32. The van der Waals surface area contributed by atoms with Crippen molar-refractivity contribution in [2.45, 2.75) is 38.9 Å². The van der Waals surface area contributed by atoms with Crippen LogP contribution in [0.1, 0.15) is 27.7 Å². The summed E-state index contributed by atoms with van der Waals surface area (Å²) in [5.41, 5.74) is 0.210. The highest BCUT2D eigenvalue weighted by Gasteiger charge is 2.52. The van der Waals surface area contributed by atoms with E-state index in [1.807, 2.05) is 58.3 Å². The maximum atomic E-state index is 6.13. The Bertz CT molecular complexity index is 668.